The van der Waals surface area contributed by atoms with Gasteiger partial charge in [-0.3, -0.25) is 4.79 Å². The topological polar surface area (TPSA) is 29.1 Å². The van der Waals surface area contributed by atoms with Crippen molar-refractivity contribution in [3.05, 3.63) is 47.5 Å². The van der Waals surface area contributed by atoms with Gasteiger partial charge in [-0.1, -0.05) is 30.3 Å². The number of carbonyl (C=O) groups excluding carboxylic acids is 1. The van der Waals surface area contributed by atoms with E-state index in [2.05, 4.69) is 11.9 Å². The summed E-state index contributed by atoms with van der Waals surface area (Å²) in [7, 11) is 0. The third-order valence-corrected chi connectivity index (χ3v) is 3.35. The summed E-state index contributed by atoms with van der Waals surface area (Å²) in [6.45, 7) is 4.12. The van der Waals surface area contributed by atoms with E-state index in [1.807, 2.05) is 24.3 Å². The molecule has 1 fully saturated rings. The fraction of sp³-hybridized carbons (Fsp3) is 0.308. The summed E-state index contributed by atoms with van der Waals surface area (Å²) in [4.78, 5) is 11.1. The van der Waals surface area contributed by atoms with Crippen molar-refractivity contribution in [1.29, 1.82) is 0 Å². The van der Waals surface area contributed by atoms with Gasteiger partial charge in [0.1, 0.15) is 0 Å². The Hall–Kier alpha value is -1.28. The van der Waals surface area contributed by atoms with Crippen molar-refractivity contribution in [2.75, 3.05) is 6.54 Å². The summed E-state index contributed by atoms with van der Waals surface area (Å²) in [5.41, 5.74) is 1.38. The number of hydrogen-bond acceptors (Lipinski definition) is 1. The molecule has 1 saturated carbocycles. The van der Waals surface area contributed by atoms with Crippen LogP contribution >= 0.6 is 11.6 Å². The van der Waals surface area contributed by atoms with Crippen molar-refractivity contribution in [2.24, 2.45) is 0 Å². The minimum absolute atomic E-state index is 0.111. The molecular formula is C13H14ClNO. The smallest absolute Gasteiger partial charge is 0.243 e. The maximum atomic E-state index is 11.1. The molecule has 2 nitrogen and oxygen atoms in total. The predicted molar refractivity (Wildman–Crippen MR) is 65.6 cm³/mol. The lowest BCUT2D eigenvalue weighted by Gasteiger charge is -2.15. The monoisotopic (exact) mass is 235 g/mol. The van der Waals surface area contributed by atoms with Gasteiger partial charge < -0.3 is 5.32 Å². The summed E-state index contributed by atoms with van der Waals surface area (Å²) in [5.74, 6) is -0.111. The summed E-state index contributed by atoms with van der Waals surface area (Å²) < 4.78 is 0. The van der Waals surface area contributed by atoms with Crippen LogP contribution in [0.25, 0.3) is 0 Å². The number of carbonyl (C=O) groups is 1. The van der Waals surface area contributed by atoms with Crippen molar-refractivity contribution in [3.8, 4) is 0 Å². The highest BCUT2D eigenvalue weighted by atomic mass is 35.5. The zero-order valence-corrected chi connectivity index (χ0v) is 9.76. The molecule has 1 N–H and O–H groups in total. The Labute approximate surface area is 100 Å². The van der Waals surface area contributed by atoms with Crippen LogP contribution in [0.4, 0.5) is 0 Å². The van der Waals surface area contributed by atoms with Gasteiger partial charge in [0.15, 0.2) is 0 Å². The number of halogens is 1. The Bertz CT molecular complexity index is 406. The molecule has 0 bridgehead atoms. The molecule has 0 heterocycles. The fourth-order valence-electron chi connectivity index (χ4n) is 1.85. The summed E-state index contributed by atoms with van der Waals surface area (Å²) in [5, 5.41) is 3.60. The zero-order valence-electron chi connectivity index (χ0n) is 9.00. The number of hydrogen-bond donors (Lipinski definition) is 1. The lowest BCUT2D eigenvalue weighted by molar-refractivity contribution is -0.116. The van der Waals surface area contributed by atoms with E-state index in [4.69, 9.17) is 11.6 Å². The summed E-state index contributed by atoms with van der Waals surface area (Å²) >= 11 is 5.85. The van der Waals surface area contributed by atoms with Crippen molar-refractivity contribution >= 4 is 17.5 Å². The van der Waals surface area contributed by atoms with Crippen LogP contribution in [0.3, 0.4) is 0 Å². The molecule has 1 aromatic rings. The molecule has 0 saturated heterocycles. The molecule has 0 unspecified atom stereocenters. The maximum absolute atomic E-state index is 11.1. The lowest BCUT2D eigenvalue weighted by Crippen LogP contribution is -2.30. The second-order valence-corrected chi connectivity index (χ2v) is 4.65. The molecule has 0 spiro atoms. The first-order valence-corrected chi connectivity index (χ1v) is 5.70. The Morgan fingerprint density at radius 1 is 1.44 bits per heavy atom. The van der Waals surface area contributed by atoms with E-state index in [-0.39, 0.29) is 11.3 Å². The number of nitrogens with one attached hydrogen (secondary N) is 1. The van der Waals surface area contributed by atoms with Crippen LogP contribution < -0.4 is 5.32 Å². The molecule has 84 valence electrons. The van der Waals surface area contributed by atoms with Crippen molar-refractivity contribution < 1.29 is 4.79 Å². The molecule has 1 aliphatic carbocycles. The average molecular weight is 236 g/mol. The van der Waals surface area contributed by atoms with Crippen LogP contribution in [0, 0.1) is 0 Å². The van der Waals surface area contributed by atoms with Crippen LogP contribution in [-0.4, -0.2) is 12.5 Å². The maximum Gasteiger partial charge on any atom is 0.243 e. The van der Waals surface area contributed by atoms with E-state index in [1.165, 1.54) is 11.6 Å². The SMILES string of the molecule is C=CC(=O)NCC1(c2ccc(Cl)cc2)CC1. The van der Waals surface area contributed by atoms with Crippen LogP contribution in [0.1, 0.15) is 18.4 Å². The van der Waals surface area contributed by atoms with E-state index >= 15 is 0 Å². The Morgan fingerprint density at radius 2 is 2.06 bits per heavy atom. The first-order chi connectivity index (χ1) is 7.66. The van der Waals surface area contributed by atoms with Gasteiger partial charge in [-0.05, 0) is 36.6 Å². The highest BCUT2D eigenvalue weighted by molar-refractivity contribution is 6.30. The molecule has 0 aromatic heterocycles. The molecule has 1 aromatic carbocycles. The second kappa shape index (κ2) is 4.30. The molecule has 1 amide bonds. The molecule has 0 aliphatic heterocycles. The number of rotatable bonds is 4. The van der Waals surface area contributed by atoms with Gasteiger partial charge in [0, 0.05) is 17.0 Å². The zero-order chi connectivity index (χ0) is 11.6. The van der Waals surface area contributed by atoms with E-state index in [1.54, 1.807) is 0 Å². The first-order valence-electron chi connectivity index (χ1n) is 5.33. The van der Waals surface area contributed by atoms with E-state index in [9.17, 15) is 4.79 Å². The van der Waals surface area contributed by atoms with Gasteiger partial charge in [0.2, 0.25) is 5.91 Å². The van der Waals surface area contributed by atoms with E-state index < -0.39 is 0 Å². The van der Waals surface area contributed by atoms with Crippen LogP contribution in [0.15, 0.2) is 36.9 Å². The highest BCUT2D eigenvalue weighted by Gasteiger charge is 2.44. The highest BCUT2D eigenvalue weighted by Crippen LogP contribution is 2.47. The molecular weight excluding hydrogens is 222 g/mol. The van der Waals surface area contributed by atoms with Gasteiger partial charge >= 0.3 is 0 Å². The van der Waals surface area contributed by atoms with Crippen molar-refractivity contribution in [3.63, 3.8) is 0 Å². The molecule has 3 heteroatoms. The quantitative estimate of drug-likeness (QED) is 0.799. The summed E-state index contributed by atoms with van der Waals surface area (Å²) in [6.07, 6.45) is 3.54. The summed E-state index contributed by atoms with van der Waals surface area (Å²) in [6, 6.07) is 7.86. The minimum Gasteiger partial charge on any atom is -0.352 e. The largest absolute Gasteiger partial charge is 0.352 e. The average Bonchev–Trinajstić information content (AvgIpc) is 3.08. The normalized spacial score (nSPS) is 16.6. The van der Waals surface area contributed by atoms with Crippen molar-refractivity contribution in [2.45, 2.75) is 18.3 Å². The Balaban J connectivity index is 2.05. The van der Waals surface area contributed by atoms with Crippen LogP contribution in [-0.2, 0) is 10.2 Å². The molecule has 16 heavy (non-hydrogen) atoms. The number of amides is 1. The molecule has 0 radical (unpaired) electrons. The molecule has 2 rings (SSSR count). The molecule has 0 atom stereocenters. The first kappa shape index (κ1) is 11.2. The fourth-order valence-corrected chi connectivity index (χ4v) is 1.98. The standard InChI is InChI=1S/C13H14ClNO/c1-2-12(16)15-9-13(7-8-13)10-3-5-11(14)6-4-10/h2-6H,1,7-9H2,(H,15,16). The van der Waals surface area contributed by atoms with Crippen molar-refractivity contribution in [1.82, 2.24) is 5.32 Å². The van der Waals surface area contributed by atoms with Gasteiger partial charge in [-0.2, -0.15) is 0 Å². The Kier molecular flexibility index (Phi) is 3.01. The lowest BCUT2D eigenvalue weighted by atomic mass is 9.96. The van der Waals surface area contributed by atoms with Gasteiger partial charge in [0.05, 0.1) is 0 Å². The third kappa shape index (κ3) is 2.27. The van der Waals surface area contributed by atoms with Crippen LogP contribution in [0.5, 0.6) is 0 Å². The minimum atomic E-state index is -0.111. The predicted octanol–water partition coefficient (Wildman–Crippen LogP) is 2.67. The number of benzene rings is 1. The van der Waals surface area contributed by atoms with E-state index in [0.29, 0.717) is 6.54 Å². The van der Waals surface area contributed by atoms with Gasteiger partial charge in [-0.15, -0.1) is 0 Å². The van der Waals surface area contributed by atoms with Gasteiger partial charge in [0.25, 0.3) is 0 Å². The second-order valence-electron chi connectivity index (χ2n) is 4.21. The van der Waals surface area contributed by atoms with E-state index in [0.717, 1.165) is 17.9 Å². The third-order valence-electron chi connectivity index (χ3n) is 3.10. The Morgan fingerprint density at radius 3 is 2.56 bits per heavy atom. The van der Waals surface area contributed by atoms with Gasteiger partial charge in [-0.25, -0.2) is 0 Å². The van der Waals surface area contributed by atoms with Crippen LogP contribution in [0.2, 0.25) is 5.02 Å². The molecule has 1 aliphatic rings.